The standard InChI is InChI=1S/C23H24N2O2/c1-27-22-9-8-18-12-20(7-6-19(18)13-22)23(26)21-5-3-11-25(16-21)15-17-4-2-10-24-14-17/h2,4,6-10,12-14,21H,3,5,11,15-16H2,1H3. The molecule has 1 atom stereocenters. The van der Waals surface area contributed by atoms with E-state index in [0.29, 0.717) is 0 Å². The number of nitrogens with zero attached hydrogens (tertiary/aromatic N) is 2. The first kappa shape index (κ1) is 17.7. The van der Waals surface area contributed by atoms with Gasteiger partial charge < -0.3 is 4.74 Å². The number of likely N-dealkylation sites (tertiary alicyclic amines) is 1. The van der Waals surface area contributed by atoms with Crippen molar-refractivity contribution in [1.82, 2.24) is 9.88 Å². The van der Waals surface area contributed by atoms with Crippen molar-refractivity contribution < 1.29 is 9.53 Å². The third-order valence-electron chi connectivity index (χ3n) is 5.34. The first-order valence-corrected chi connectivity index (χ1v) is 9.46. The van der Waals surface area contributed by atoms with E-state index in [1.807, 2.05) is 48.7 Å². The Bertz CT molecular complexity index is 940. The molecule has 1 aliphatic rings. The summed E-state index contributed by atoms with van der Waals surface area (Å²) in [5.74, 6) is 1.15. The maximum absolute atomic E-state index is 13.1. The lowest BCUT2D eigenvalue weighted by molar-refractivity contribution is 0.0811. The number of hydrogen-bond acceptors (Lipinski definition) is 4. The number of benzene rings is 2. The number of piperidine rings is 1. The molecule has 27 heavy (non-hydrogen) atoms. The zero-order valence-electron chi connectivity index (χ0n) is 15.6. The molecule has 0 saturated carbocycles. The number of carbonyl (C=O) groups is 1. The van der Waals surface area contributed by atoms with Gasteiger partial charge in [-0.25, -0.2) is 0 Å². The fourth-order valence-electron chi connectivity index (χ4n) is 3.90. The molecule has 3 aromatic rings. The van der Waals surface area contributed by atoms with Gasteiger partial charge in [-0.2, -0.15) is 0 Å². The first-order chi connectivity index (χ1) is 13.2. The molecule has 138 valence electrons. The van der Waals surface area contributed by atoms with E-state index in [9.17, 15) is 4.79 Å². The van der Waals surface area contributed by atoms with E-state index in [1.54, 1.807) is 13.3 Å². The van der Waals surface area contributed by atoms with Crippen LogP contribution in [0.3, 0.4) is 0 Å². The van der Waals surface area contributed by atoms with Gasteiger partial charge >= 0.3 is 0 Å². The van der Waals surface area contributed by atoms with Gasteiger partial charge in [0.15, 0.2) is 5.78 Å². The molecule has 0 bridgehead atoms. The van der Waals surface area contributed by atoms with Crippen LogP contribution in [0.4, 0.5) is 0 Å². The Morgan fingerprint density at radius 1 is 1.19 bits per heavy atom. The molecule has 0 N–H and O–H groups in total. The summed E-state index contributed by atoms with van der Waals surface area (Å²) in [6.07, 6.45) is 5.72. The van der Waals surface area contributed by atoms with Gasteiger partial charge in [-0.05, 0) is 60.0 Å². The number of pyridine rings is 1. The molecule has 1 fully saturated rings. The highest BCUT2D eigenvalue weighted by Crippen LogP contribution is 2.26. The molecule has 2 heterocycles. The highest BCUT2D eigenvalue weighted by molar-refractivity contribution is 6.01. The molecule has 0 spiro atoms. The summed E-state index contributed by atoms with van der Waals surface area (Å²) in [4.78, 5) is 19.7. The lowest BCUT2D eigenvalue weighted by atomic mass is 9.89. The first-order valence-electron chi connectivity index (χ1n) is 9.46. The number of fused-ring (bicyclic) bond motifs is 1. The number of carbonyl (C=O) groups excluding carboxylic acids is 1. The van der Waals surface area contributed by atoms with Crippen LogP contribution in [-0.4, -0.2) is 35.9 Å². The van der Waals surface area contributed by atoms with E-state index >= 15 is 0 Å². The van der Waals surface area contributed by atoms with Crippen molar-refractivity contribution in [3.63, 3.8) is 0 Å². The maximum Gasteiger partial charge on any atom is 0.167 e. The van der Waals surface area contributed by atoms with Crippen molar-refractivity contribution in [2.45, 2.75) is 19.4 Å². The van der Waals surface area contributed by atoms with Gasteiger partial charge in [-0.1, -0.05) is 24.3 Å². The van der Waals surface area contributed by atoms with Crippen LogP contribution in [0.15, 0.2) is 60.9 Å². The number of ether oxygens (including phenoxy) is 1. The SMILES string of the molecule is COc1ccc2cc(C(=O)C3CCCN(Cc4cccnc4)C3)ccc2c1. The van der Waals surface area contributed by atoms with Crippen molar-refractivity contribution in [2.24, 2.45) is 5.92 Å². The zero-order chi connectivity index (χ0) is 18.6. The third kappa shape index (κ3) is 4.01. The summed E-state index contributed by atoms with van der Waals surface area (Å²) in [7, 11) is 1.67. The number of ketones is 1. The van der Waals surface area contributed by atoms with Crippen molar-refractivity contribution in [3.8, 4) is 5.75 Å². The molecule has 4 nitrogen and oxygen atoms in total. The summed E-state index contributed by atoms with van der Waals surface area (Å²) >= 11 is 0. The number of rotatable bonds is 5. The highest BCUT2D eigenvalue weighted by Gasteiger charge is 2.26. The van der Waals surface area contributed by atoms with Crippen LogP contribution < -0.4 is 4.74 Å². The van der Waals surface area contributed by atoms with Gasteiger partial charge in [0.2, 0.25) is 0 Å². The van der Waals surface area contributed by atoms with Crippen LogP contribution in [-0.2, 0) is 6.54 Å². The topological polar surface area (TPSA) is 42.4 Å². The molecule has 4 heteroatoms. The molecule has 1 unspecified atom stereocenters. The molecule has 4 rings (SSSR count). The second-order valence-corrected chi connectivity index (χ2v) is 7.23. The summed E-state index contributed by atoms with van der Waals surface area (Å²) in [5, 5.41) is 2.16. The fourth-order valence-corrected chi connectivity index (χ4v) is 3.90. The normalized spacial score (nSPS) is 17.7. The molecule has 0 radical (unpaired) electrons. The predicted octanol–water partition coefficient (Wildman–Crippen LogP) is 4.34. The van der Waals surface area contributed by atoms with Gasteiger partial charge in [0.05, 0.1) is 7.11 Å². The quantitative estimate of drug-likeness (QED) is 0.635. The fraction of sp³-hybridized carbons (Fsp3) is 0.304. The second kappa shape index (κ2) is 7.89. The van der Waals surface area contributed by atoms with Crippen LogP contribution in [0.25, 0.3) is 10.8 Å². The van der Waals surface area contributed by atoms with E-state index in [2.05, 4.69) is 16.0 Å². The monoisotopic (exact) mass is 360 g/mol. The molecule has 2 aromatic carbocycles. The zero-order valence-corrected chi connectivity index (χ0v) is 15.6. The predicted molar refractivity (Wildman–Crippen MR) is 107 cm³/mol. The van der Waals surface area contributed by atoms with Gasteiger partial charge in [0.1, 0.15) is 5.75 Å². The van der Waals surface area contributed by atoms with Gasteiger partial charge in [-0.15, -0.1) is 0 Å². The van der Waals surface area contributed by atoms with Crippen molar-refractivity contribution >= 4 is 16.6 Å². The summed E-state index contributed by atoms with van der Waals surface area (Å²) in [6, 6.07) is 16.0. The van der Waals surface area contributed by atoms with Crippen LogP contribution in [0, 0.1) is 5.92 Å². The summed E-state index contributed by atoms with van der Waals surface area (Å²) < 4.78 is 5.28. The van der Waals surface area contributed by atoms with Crippen molar-refractivity contribution in [1.29, 1.82) is 0 Å². The van der Waals surface area contributed by atoms with Crippen LogP contribution in [0.5, 0.6) is 5.75 Å². The Morgan fingerprint density at radius 3 is 2.85 bits per heavy atom. The van der Waals surface area contributed by atoms with E-state index < -0.39 is 0 Å². The number of methoxy groups -OCH3 is 1. The molecule has 1 saturated heterocycles. The van der Waals surface area contributed by atoms with Crippen LogP contribution in [0.2, 0.25) is 0 Å². The molecular formula is C23H24N2O2. The Hall–Kier alpha value is -2.72. The number of Topliss-reactive ketones (excluding diaryl/α,β-unsaturated/α-hetero) is 1. The van der Waals surface area contributed by atoms with E-state index in [4.69, 9.17) is 4.74 Å². The lowest BCUT2D eigenvalue weighted by Crippen LogP contribution is -2.38. The molecule has 1 aliphatic heterocycles. The summed E-state index contributed by atoms with van der Waals surface area (Å²) in [5.41, 5.74) is 2.01. The average Bonchev–Trinajstić information content (AvgIpc) is 2.73. The Kier molecular flexibility index (Phi) is 5.16. The minimum Gasteiger partial charge on any atom is -0.497 e. The smallest absolute Gasteiger partial charge is 0.167 e. The van der Waals surface area contributed by atoms with Crippen LogP contribution in [0.1, 0.15) is 28.8 Å². The van der Waals surface area contributed by atoms with Crippen molar-refractivity contribution in [3.05, 3.63) is 72.1 Å². The Labute approximate surface area is 159 Å². The molecule has 0 amide bonds. The lowest BCUT2D eigenvalue weighted by Gasteiger charge is -2.32. The van der Waals surface area contributed by atoms with Gasteiger partial charge in [-0.3, -0.25) is 14.7 Å². The largest absolute Gasteiger partial charge is 0.497 e. The van der Waals surface area contributed by atoms with E-state index in [1.165, 1.54) is 5.56 Å². The molecule has 0 aliphatic carbocycles. The third-order valence-corrected chi connectivity index (χ3v) is 5.34. The molecule has 1 aromatic heterocycles. The van der Waals surface area contributed by atoms with E-state index in [-0.39, 0.29) is 11.7 Å². The van der Waals surface area contributed by atoms with E-state index in [0.717, 1.165) is 54.6 Å². The average molecular weight is 360 g/mol. The minimum atomic E-state index is 0.0612. The minimum absolute atomic E-state index is 0.0612. The highest BCUT2D eigenvalue weighted by atomic mass is 16.5. The maximum atomic E-state index is 13.1. The number of aromatic nitrogens is 1. The Balaban J connectivity index is 1.49. The van der Waals surface area contributed by atoms with Gasteiger partial charge in [0.25, 0.3) is 0 Å². The summed E-state index contributed by atoms with van der Waals surface area (Å²) in [6.45, 7) is 2.71. The molecular weight excluding hydrogens is 336 g/mol. The van der Waals surface area contributed by atoms with Crippen molar-refractivity contribution in [2.75, 3.05) is 20.2 Å². The second-order valence-electron chi connectivity index (χ2n) is 7.23. The van der Waals surface area contributed by atoms with Gasteiger partial charge in [0, 0.05) is 37.0 Å². The number of hydrogen-bond donors (Lipinski definition) is 0. The Morgan fingerprint density at radius 2 is 2.04 bits per heavy atom. The van der Waals surface area contributed by atoms with Crippen LogP contribution >= 0.6 is 0 Å².